The topological polar surface area (TPSA) is 3.88 Å². The Labute approximate surface area is 140 Å². The van der Waals surface area contributed by atoms with Crippen molar-refractivity contribution < 1.29 is 4.57 Å². The minimum absolute atomic E-state index is 0.0810. The lowest BCUT2D eigenvalue weighted by molar-refractivity contribution is -0.743. The molecule has 0 atom stereocenters. The van der Waals surface area contributed by atoms with Crippen LogP contribution in [0.5, 0.6) is 0 Å². The van der Waals surface area contributed by atoms with Crippen LogP contribution in [0.2, 0.25) is 0 Å². The zero-order chi connectivity index (χ0) is 16.3. The number of hydrogen-bond acceptors (Lipinski definition) is 0. The van der Waals surface area contributed by atoms with Crippen molar-refractivity contribution >= 4 is 6.08 Å². The molecular formula is C22H28N+. The maximum atomic E-state index is 2.50. The Morgan fingerprint density at radius 2 is 1.78 bits per heavy atom. The summed E-state index contributed by atoms with van der Waals surface area (Å²) < 4.78 is 2.50. The molecule has 0 radical (unpaired) electrons. The number of aryl methyl sites for hydroxylation is 1. The highest BCUT2D eigenvalue weighted by Gasteiger charge is 2.38. The zero-order valence-electron chi connectivity index (χ0n) is 14.7. The van der Waals surface area contributed by atoms with Crippen molar-refractivity contribution in [2.45, 2.75) is 58.4 Å². The molecule has 0 unspecified atom stereocenters. The van der Waals surface area contributed by atoms with Crippen LogP contribution in [-0.2, 0) is 12.0 Å². The maximum Gasteiger partial charge on any atom is 0.214 e. The fraction of sp³-hybridized carbons (Fsp3) is 0.409. The average molecular weight is 306 g/mol. The number of fused-ring (bicyclic) bond motifs is 3. The van der Waals surface area contributed by atoms with Crippen molar-refractivity contribution in [2.75, 3.05) is 0 Å². The smallest absolute Gasteiger partial charge is 0.189 e. The van der Waals surface area contributed by atoms with E-state index in [2.05, 4.69) is 80.1 Å². The molecule has 0 spiro atoms. The zero-order valence-corrected chi connectivity index (χ0v) is 14.7. The van der Waals surface area contributed by atoms with Gasteiger partial charge in [-0.3, -0.25) is 0 Å². The van der Waals surface area contributed by atoms with Gasteiger partial charge in [0.15, 0.2) is 11.7 Å². The molecule has 3 rings (SSSR count). The first kappa shape index (κ1) is 16.0. The molecule has 1 aliphatic rings. The number of unbranched alkanes of at least 4 members (excludes halogenated alkanes) is 1. The van der Waals surface area contributed by atoms with Crippen LogP contribution in [0.4, 0.5) is 0 Å². The third-order valence-corrected chi connectivity index (χ3v) is 5.35. The van der Waals surface area contributed by atoms with E-state index >= 15 is 0 Å². The van der Waals surface area contributed by atoms with E-state index in [4.69, 9.17) is 0 Å². The average Bonchev–Trinajstić information content (AvgIpc) is 2.75. The number of pyridine rings is 1. The molecule has 0 bridgehead atoms. The molecule has 2 aromatic rings. The summed E-state index contributed by atoms with van der Waals surface area (Å²) in [7, 11) is 0. The Morgan fingerprint density at radius 3 is 2.52 bits per heavy atom. The number of rotatable bonds is 5. The quantitative estimate of drug-likeness (QED) is 0.640. The van der Waals surface area contributed by atoms with Gasteiger partial charge in [0, 0.05) is 25.0 Å². The number of hydrogen-bond donors (Lipinski definition) is 0. The second-order valence-electron chi connectivity index (χ2n) is 6.63. The van der Waals surface area contributed by atoms with Gasteiger partial charge in [0.05, 0.1) is 5.56 Å². The lowest BCUT2D eigenvalue weighted by Gasteiger charge is -2.24. The summed E-state index contributed by atoms with van der Waals surface area (Å²) in [4.78, 5) is 0. The molecule has 120 valence electrons. The number of aromatic nitrogens is 1. The van der Waals surface area contributed by atoms with Gasteiger partial charge in [0.1, 0.15) is 0 Å². The van der Waals surface area contributed by atoms with Gasteiger partial charge < -0.3 is 0 Å². The fourth-order valence-electron chi connectivity index (χ4n) is 3.70. The van der Waals surface area contributed by atoms with Crippen molar-refractivity contribution in [1.29, 1.82) is 0 Å². The van der Waals surface area contributed by atoms with E-state index in [-0.39, 0.29) is 5.54 Å². The summed E-state index contributed by atoms with van der Waals surface area (Å²) in [6, 6.07) is 13.5. The third-order valence-electron chi connectivity index (χ3n) is 5.35. The van der Waals surface area contributed by atoms with Crippen LogP contribution in [0.1, 0.15) is 57.6 Å². The van der Waals surface area contributed by atoms with E-state index in [1.54, 1.807) is 0 Å². The molecule has 2 heterocycles. The normalized spacial score (nSPS) is 14.9. The predicted molar refractivity (Wildman–Crippen MR) is 98.3 cm³/mol. The summed E-state index contributed by atoms with van der Waals surface area (Å²) >= 11 is 0. The maximum absolute atomic E-state index is 2.50. The number of allylic oxidation sites excluding steroid dienone is 1. The third kappa shape index (κ3) is 2.85. The first-order valence-electron chi connectivity index (χ1n) is 9.07. The largest absolute Gasteiger partial charge is 0.214 e. The fourth-order valence-corrected chi connectivity index (χ4v) is 3.70. The molecule has 1 aromatic carbocycles. The molecule has 1 aliphatic heterocycles. The van der Waals surface area contributed by atoms with Crippen LogP contribution in [0.15, 0.2) is 48.7 Å². The Balaban J connectivity index is 2.21. The highest BCUT2D eigenvalue weighted by Crippen LogP contribution is 2.32. The Morgan fingerprint density at radius 1 is 1.00 bits per heavy atom. The standard InChI is InChI=1S/C22H28N/c1-4-7-10-18-14-16-23-21(17-18)20-12-9-8-11-19(20)13-15-22(23,5-2)6-3/h8-9,11-17H,4-7,10H2,1-3H3/q+1. The van der Waals surface area contributed by atoms with E-state index in [0.29, 0.717) is 0 Å². The van der Waals surface area contributed by atoms with Gasteiger partial charge in [0.25, 0.3) is 0 Å². The van der Waals surface area contributed by atoms with Gasteiger partial charge >= 0.3 is 0 Å². The van der Waals surface area contributed by atoms with Crippen molar-refractivity contribution in [3.05, 3.63) is 59.8 Å². The summed E-state index contributed by atoms with van der Waals surface area (Å²) in [5, 5.41) is 0. The second kappa shape index (κ2) is 6.70. The molecule has 0 saturated carbocycles. The Hall–Kier alpha value is -1.89. The van der Waals surface area contributed by atoms with E-state index in [1.165, 1.54) is 41.6 Å². The van der Waals surface area contributed by atoms with Crippen LogP contribution in [-0.4, -0.2) is 0 Å². The van der Waals surface area contributed by atoms with Crippen molar-refractivity contribution in [3.8, 4) is 11.3 Å². The first-order chi connectivity index (χ1) is 11.2. The first-order valence-corrected chi connectivity index (χ1v) is 9.07. The van der Waals surface area contributed by atoms with Gasteiger partial charge in [-0.15, -0.1) is 0 Å². The molecule has 0 aliphatic carbocycles. The van der Waals surface area contributed by atoms with E-state index < -0.39 is 0 Å². The summed E-state index contributed by atoms with van der Waals surface area (Å²) in [6.45, 7) is 6.85. The summed E-state index contributed by atoms with van der Waals surface area (Å²) in [5.74, 6) is 0. The summed E-state index contributed by atoms with van der Waals surface area (Å²) in [5.41, 5.74) is 5.58. The lowest BCUT2D eigenvalue weighted by atomic mass is 9.91. The van der Waals surface area contributed by atoms with Crippen molar-refractivity contribution in [3.63, 3.8) is 0 Å². The molecule has 0 saturated heterocycles. The predicted octanol–water partition coefficient (Wildman–Crippen LogP) is 5.53. The van der Waals surface area contributed by atoms with Crippen LogP contribution in [0.3, 0.4) is 0 Å². The molecule has 0 amide bonds. The van der Waals surface area contributed by atoms with Gasteiger partial charge in [-0.25, -0.2) is 0 Å². The van der Waals surface area contributed by atoms with E-state index in [9.17, 15) is 0 Å². The highest BCUT2D eigenvalue weighted by molar-refractivity contribution is 5.72. The van der Waals surface area contributed by atoms with Crippen molar-refractivity contribution in [2.24, 2.45) is 0 Å². The molecular weight excluding hydrogens is 278 g/mol. The van der Waals surface area contributed by atoms with E-state index in [0.717, 1.165) is 12.8 Å². The highest BCUT2D eigenvalue weighted by atomic mass is 15.1. The monoisotopic (exact) mass is 306 g/mol. The Bertz CT molecular complexity index is 708. The van der Waals surface area contributed by atoms with Crippen LogP contribution >= 0.6 is 0 Å². The van der Waals surface area contributed by atoms with Crippen LogP contribution < -0.4 is 4.57 Å². The van der Waals surface area contributed by atoms with Crippen LogP contribution in [0, 0.1) is 0 Å². The molecule has 0 fully saturated rings. The lowest BCUT2D eigenvalue weighted by Crippen LogP contribution is -2.55. The minimum Gasteiger partial charge on any atom is -0.189 e. The minimum atomic E-state index is 0.0810. The number of nitrogens with zero attached hydrogens (tertiary/aromatic N) is 1. The van der Waals surface area contributed by atoms with Gasteiger partial charge in [-0.05, 0) is 36.1 Å². The van der Waals surface area contributed by atoms with Crippen LogP contribution in [0.25, 0.3) is 17.3 Å². The van der Waals surface area contributed by atoms with Gasteiger partial charge in [0.2, 0.25) is 5.69 Å². The summed E-state index contributed by atoms with van der Waals surface area (Å²) in [6.07, 6.45) is 13.0. The second-order valence-corrected chi connectivity index (χ2v) is 6.63. The SMILES string of the molecule is CCCCc1cc[n+]2c(c1)-c1ccccc1C=CC2(CC)CC. The molecule has 1 nitrogen and oxygen atoms in total. The molecule has 0 N–H and O–H groups in total. The van der Waals surface area contributed by atoms with Gasteiger partial charge in [-0.1, -0.05) is 51.5 Å². The van der Waals surface area contributed by atoms with Crippen molar-refractivity contribution in [1.82, 2.24) is 0 Å². The molecule has 1 heteroatoms. The van der Waals surface area contributed by atoms with Gasteiger partial charge in [-0.2, -0.15) is 4.57 Å². The van der Waals surface area contributed by atoms with E-state index in [1.807, 2.05) is 0 Å². The Kier molecular flexibility index (Phi) is 4.66. The molecule has 23 heavy (non-hydrogen) atoms. The molecule has 1 aromatic heterocycles. The number of benzene rings is 1.